The highest BCUT2D eigenvalue weighted by atomic mass is 16.3. The summed E-state index contributed by atoms with van der Waals surface area (Å²) in [6.45, 7) is 5.26. The number of ketones is 1. The van der Waals surface area contributed by atoms with E-state index in [0.29, 0.717) is 11.3 Å². The highest BCUT2D eigenvalue weighted by molar-refractivity contribution is 5.91. The van der Waals surface area contributed by atoms with Crippen molar-refractivity contribution >= 4 is 5.78 Å². The van der Waals surface area contributed by atoms with Crippen LogP contribution < -0.4 is 0 Å². The lowest BCUT2D eigenvalue weighted by Crippen LogP contribution is -1.88. The molecule has 13 heavy (non-hydrogen) atoms. The van der Waals surface area contributed by atoms with E-state index >= 15 is 0 Å². The molecule has 0 aromatic carbocycles. The number of hydrogen-bond donors (Lipinski definition) is 0. The van der Waals surface area contributed by atoms with Gasteiger partial charge in [0.2, 0.25) is 0 Å². The van der Waals surface area contributed by atoms with Gasteiger partial charge >= 0.3 is 0 Å². The van der Waals surface area contributed by atoms with Crippen LogP contribution >= 0.6 is 0 Å². The Hall–Kier alpha value is -1.56. The first kappa shape index (κ1) is 9.53. The summed E-state index contributed by atoms with van der Waals surface area (Å²) in [6, 6.07) is 3.50. The van der Waals surface area contributed by atoms with Crippen molar-refractivity contribution in [3.8, 4) is 6.07 Å². The molecule has 0 saturated heterocycles. The molecule has 0 saturated carbocycles. The van der Waals surface area contributed by atoms with Crippen LogP contribution in [0.3, 0.4) is 0 Å². The van der Waals surface area contributed by atoms with Gasteiger partial charge in [-0.15, -0.1) is 0 Å². The molecule has 3 nitrogen and oxygen atoms in total. The maximum Gasteiger partial charge on any atom is 0.194 e. The van der Waals surface area contributed by atoms with Gasteiger partial charge in [0.1, 0.15) is 11.8 Å². The van der Waals surface area contributed by atoms with Gasteiger partial charge in [0.05, 0.1) is 5.56 Å². The normalized spacial score (nSPS) is 10.1. The average molecular weight is 177 g/mol. The van der Waals surface area contributed by atoms with Crippen LogP contribution in [-0.2, 0) is 0 Å². The Labute approximate surface area is 77.0 Å². The monoisotopic (exact) mass is 177 g/mol. The fourth-order valence-electron chi connectivity index (χ4n) is 1.09. The summed E-state index contributed by atoms with van der Waals surface area (Å²) in [6.07, 6.45) is 0. The molecule has 0 spiro atoms. The summed E-state index contributed by atoms with van der Waals surface area (Å²) in [5.41, 5.74) is 0.459. The van der Waals surface area contributed by atoms with Gasteiger partial charge in [-0.05, 0) is 0 Å². The molecule has 0 aliphatic carbocycles. The first-order chi connectivity index (χ1) is 6.06. The first-order valence-corrected chi connectivity index (χ1v) is 4.11. The number of hydrogen-bond acceptors (Lipinski definition) is 3. The average Bonchev–Trinajstić information content (AvgIpc) is 2.47. The molecule has 0 aliphatic heterocycles. The van der Waals surface area contributed by atoms with E-state index in [0.717, 1.165) is 0 Å². The maximum absolute atomic E-state index is 10.9. The Morgan fingerprint density at radius 3 is 2.54 bits per heavy atom. The second-order valence-corrected chi connectivity index (χ2v) is 3.21. The molecule has 1 heterocycles. The van der Waals surface area contributed by atoms with Crippen LogP contribution in [0.1, 0.15) is 48.6 Å². The van der Waals surface area contributed by atoms with Crippen molar-refractivity contribution in [3.05, 3.63) is 23.2 Å². The molecule has 1 rings (SSSR count). The van der Waals surface area contributed by atoms with Crippen LogP contribution in [0.15, 0.2) is 10.5 Å². The molecule has 0 aliphatic rings. The summed E-state index contributed by atoms with van der Waals surface area (Å²) in [5, 5.41) is 8.74. The number of furan rings is 1. The van der Waals surface area contributed by atoms with E-state index in [1.54, 1.807) is 0 Å². The number of nitriles is 1. The van der Waals surface area contributed by atoms with E-state index in [9.17, 15) is 4.79 Å². The third-order valence-corrected chi connectivity index (χ3v) is 1.75. The lowest BCUT2D eigenvalue weighted by atomic mass is 10.1. The van der Waals surface area contributed by atoms with Gasteiger partial charge in [0.15, 0.2) is 11.5 Å². The van der Waals surface area contributed by atoms with E-state index in [1.165, 1.54) is 13.0 Å². The minimum absolute atomic E-state index is 0.128. The predicted octanol–water partition coefficient (Wildman–Crippen LogP) is 2.48. The second-order valence-electron chi connectivity index (χ2n) is 3.21. The molecule has 0 bridgehead atoms. The van der Waals surface area contributed by atoms with Gasteiger partial charge in [-0.3, -0.25) is 4.79 Å². The van der Waals surface area contributed by atoms with Crippen LogP contribution in [0, 0.1) is 11.3 Å². The fourth-order valence-corrected chi connectivity index (χ4v) is 1.09. The van der Waals surface area contributed by atoms with E-state index in [2.05, 4.69) is 0 Å². The van der Waals surface area contributed by atoms with Crippen molar-refractivity contribution in [2.45, 2.75) is 26.7 Å². The number of carbonyl (C=O) groups is 1. The zero-order valence-corrected chi connectivity index (χ0v) is 7.92. The molecule has 1 aromatic heterocycles. The molecule has 3 heteroatoms. The van der Waals surface area contributed by atoms with E-state index in [1.807, 2.05) is 19.9 Å². The highest BCUT2D eigenvalue weighted by Crippen LogP contribution is 2.23. The van der Waals surface area contributed by atoms with Crippen molar-refractivity contribution < 1.29 is 9.21 Å². The van der Waals surface area contributed by atoms with Crippen molar-refractivity contribution in [2.75, 3.05) is 0 Å². The molecule has 0 atom stereocenters. The van der Waals surface area contributed by atoms with E-state index < -0.39 is 0 Å². The molecule has 0 N–H and O–H groups in total. The molecule has 1 aromatic rings. The first-order valence-electron chi connectivity index (χ1n) is 4.11. The van der Waals surface area contributed by atoms with Gasteiger partial charge in [-0.25, -0.2) is 0 Å². The van der Waals surface area contributed by atoms with Crippen LogP contribution in [0.25, 0.3) is 0 Å². The summed E-state index contributed by atoms with van der Waals surface area (Å²) < 4.78 is 5.26. The molecular formula is C10H11NO2. The fraction of sp³-hybridized carbons (Fsp3) is 0.400. The molecule has 0 amide bonds. The Bertz CT molecular complexity index is 369. The lowest BCUT2D eigenvalue weighted by Gasteiger charge is -1.98. The quantitative estimate of drug-likeness (QED) is 0.652. The zero-order chi connectivity index (χ0) is 10.0. The van der Waals surface area contributed by atoms with Gasteiger partial charge in [0, 0.05) is 18.9 Å². The predicted molar refractivity (Wildman–Crippen MR) is 47.5 cm³/mol. The Morgan fingerprint density at radius 2 is 2.23 bits per heavy atom. The maximum atomic E-state index is 10.9. The minimum atomic E-state index is -0.150. The Balaban J connectivity index is 3.21. The molecular weight excluding hydrogens is 166 g/mol. The summed E-state index contributed by atoms with van der Waals surface area (Å²) in [7, 11) is 0. The molecule has 0 unspecified atom stereocenters. The van der Waals surface area contributed by atoms with Gasteiger partial charge in [-0.1, -0.05) is 13.8 Å². The summed E-state index contributed by atoms with van der Waals surface area (Å²) in [5.74, 6) is 0.833. The van der Waals surface area contributed by atoms with Crippen LogP contribution in [0.4, 0.5) is 0 Å². The number of rotatable bonds is 2. The molecule has 0 radical (unpaired) electrons. The Morgan fingerprint density at radius 1 is 1.62 bits per heavy atom. The van der Waals surface area contributed by atoms with Gasteiger partial charge in [0.25, 0.3) is 0 Å². The van der Waals surface area contributed by atoms with Crippen molar-refractivity contribution in [1.82, 2.24) is 0 Å². The lowest BCUT2D eigenvalue weighted by molar-refractivity contribution is 0.0985. The van der Waals surface area contributed by atoms with E-state index in [4.69, 9.17) is 9.68 Å². The van der Waals surface area contributed by atoms with E-state index in [-0.39, 0.29) is 17.5 Å². The summed E-state index contributed by atoms with van der Waals surface area (Å²) >= 11 is 0. The van der Waals surface area contributed by atoms with Gasteiger partial charge in [-0.2, -0.15) is 5.26 Å². The van der Waals surface area contributed by atoms with Gasteiger partial charge < -0.3 is 4.42 Å². The highest BCUT2D eigenvalue weighted by Gasteiger charge is 2.15. The van der Waals surface area contributed by atoms with Crippen molar-refractivity contribution in [3.63, 3.8) is 0 Å². The molecule has 0 fully saturated rings. The number of carbonyl (C=O) groups excluding carboxylic acids is 1. The molecule has 68 valence electrons. The minimum Gasteiger partial charge on any atom is -0.456 e. The van der Waals surface area contributed by atoms with Crippen LogP contribution in [0.5, 0.6) is 0 Å². The second kappa shape index (κ2) is 3.44. The van der Waals surface area contributed by atoms with Crippen LogP contribution in [0.2, 0.25) is 0 Å². The summed E-state index contributed by atoms with van der Waals surface area (Å²) in [4.78, 5) is 10.9. The largest absolute Gasteiger partial charge is 0.456 e. The van der Waals surface area contributed by atoms with Crippen molar-refractivity contribution in [2.24, 2.45) is 0 Å². The smallest absolute Gasteiger partial charge is 0.194 e. The van der Waals surface area contributed by atoms with Crippen molar-refractivity contribution in [1.29, 1.82) is 5.26 Å². The standard InChI is InChI=1S/C10H11NO2/c1-6(2)10-8(5-11)4-9(13-10)7(3)12/h4,6H,1-3H3. The number of nitrogens with zero attached hydrogens (tertiary/aromatic N) is 1. The Kier molecular flexibility index (Phi) is 2.52. The third-order valence-electron chi connectivity index (χ3n) is 1.75. The third kappa shape index (κ3) is 1.78. The SMILES string of the molecule is CC(=O)c1cc(C#N)c(C(C)C)o1. The zero-order valence-electron chi connectivity index (χ0n) is 7.92. The topological polar surface area (TPSA) is 54.0 Å². The number of Topliss-reactive ketones (excluding diaryl/α,β-unsaturated/α-hetero) is 1. The van der Waals surface area contributed by atoms with Crippen LogP contribution in [-0.4, -0.2) is 5.78 Å².